The number of hydrogen-bond acceptors (Lipinski definition) is 4. The molecule has 0 fully saturated rings. The lowest BCUT2D eigenvalue weighted by atomic mass is 10.0. The van der Waals surface area contributed by atoms with Crippen LogP contribution in [0.1, 0.15) is 22.4 Å². The first-order chi connectivity index (χ1) is 11.0. The van der Waals surface area contributed by atoms with Gasteiger partial charge in [-0.1, -0.05) is 64.8 Å². The highest BCUT2D eigenvalue weighted by atomic mass is 16.6. The Morgan fingerprint density at radius 2 is 1.57 bits per heavy atom. The minimum atomic E-state index is -0.421. The van der Waals surface area contributed by atoms with Crippen molar-refractivity contribution in [2.24, 2.45) is 0 Å². The summed E-state index contributed by atoms with van der Waals surface area (Å²) in [5, 5.41) is 15.4. The minimum absolute atomic E-state index is 0.0607. The number of aromatic nitrogens is 1. The van der Waals surface area contributed by atoms with Crippen LogP contribution in [-0.4, -0.2) is 10.1 Å². The average molecular weight is 308 g/mol. The van der Waals surface area contributed by atoms with Crippen LogP contribution in [0.3, 0.4) is 0 Å². The highest BCUT2D eigenvalue weighted by Crippen LogP contribution is 2.34. The minimum Gasteiger partial charge on any atom is -0.348 e. The second-order valence-electron chi connectivity index (χ2n) is 5.59. The fraction of sp³-hybridized carbons (Fsp3) is 0.167. The van der Waals surface area contributed by atoms with Crippen molar-refractivity contribution in [2.75, 3.05) is 0 Å². The summed E-state index contributed by atoms with van der Waals surface area (Å²) in [7, 11) is 0. The number of nitro groups is 1. The van der Waals surface area contributed by atoms with E-state index in [9.17, 15) is 10.1 Å². The Labute approximate surface area is 133 Å². The molecule has 0 aliphatic carbocycles. The zero-order chi connectivity index (χ0) is 16.4. The van der Waals surface area contributed by atoms with Crippen LogP contribution in [-0.2, 0) is 6.42 Å². The third-order valence-corrected chi connectivity index (χ3v) is 3.72. The van der Waals surface area contributed by atoms with Crippen LogP contribution in [0.25, 0.3) is 11.3 Å². The van der Waals surface area contributed by atoms with Gasteiger partial charge in [0.2, 0.25) is 5.76 Å². The van der Waals surface area contributed by atoms with Crippen LogP contribution in [0, 0.1) is 24.0 Å². The fourth-order valence-corrected chi connectivity index (χ4v) is 2.42. The monoisotopic (exact) mass is 308 g/mol. The normalized spacial score (nSPS) is 10.7. The molecule has 116 valence electrons. The summed E-state index contributed by atoms with van der Waals surface area (Å²) in [6.45, 7) is 3.96. The summed E-state index contributed by atoms with van der Waals surface area (Å²) in [6.07, 6.45) is 0.367. The Hall–Kier alpha value is -2.95. The van der Waals surface area contributed by atoms with E-state index in [1.807, 2.05) is 50.2 Å². The molecule has 0 radical (unpaired) electrons. The molecule has 0 aliphatic rings. The zero-order valence-corrected chi connectivity index (χ0v) is 12.9. The summed E-state index contributed by atoms with van der Waals surface area (Å²) in [5.41, 5.74) is 4.12. The fourth-order valence-electron chi connectivity index (χ4n) is 2.42. The zero-order valence-electron chi connectivity index (χ0n) is 12.9. The molecule has 0 atom stereocenters. The van der Waals surface area contributed by atoms with Crippen molar-refractivity contribution in [3.05, 3.63) is 81.0 Å². The van der Waals surface area contributed by atoms with Gasteiger partial charge in [-0.25, -0.2) is 0 Å². The third-order valence-electron chi connectivity index (χ3n) is 3.72. The lowest BCUT2D eigenvalue weighted by molar-refractivity contribution is -0.385. The van der Waals surface area contributed by atoms with Gasteiger partial charge in [0.25, 0.3) is 0 Å². The molecule has 23 heavy (non-hydrogen) atoms. The van der Waals surface area contributed by atoms with Gasteiger partial charge < -0.3 is 4.52 Å². The molecule has 1 aromatic heterocycles. The molecule has 0 N–H and O–H groups in total. The smallest absolute Gasteiger partial charge is 0.339 e. The van der Waals surface area contributed by atoms with Crippen LogP contribution in [0.4, 0.5) is 5.69 Å². The highest BCUT2D eigenvalue weighted by Gasteiger charge is 2.28. The van der Waals surface area contributed by atoms with Crippen molar-refractivity contribution in [1.29, 1.82) is 0 Å². The quantitative estimate of drug-likeness (QED) is 0.527. The maximum Gasteiger partial charge on any atom is 0.339 e. The predicted molar refractivity (Wildman–Crippen MR) is 87.3 cm³/mol. The maximum absolute atomic E-state index is 11.5. The molecular weight excluding hydrogens is 292 g/mol. The summed E-state index contributed by atoms with van der Waals surface area (Å²) in [5.74, 6) is 0.206. The average Bonchev–Trinajstić information content (AvgIpc) is 2.94. The van der Waals surface area contributed by atoms with Gasteiger partial charge in [-0.15, -0.1) is 0 Å². The number of nitrogens with zero attached hydrogens (tertiary/aromatic N) is 2. The summed E-state index contributed by atoms with van der Waals surface area (Å²) >= 11 is 0. The first-order valence-electron chi connectivity index (χ1n) is 7.30. The summed E-state index contributed by atoms with van der Waals surface area (Å²) < 4.78 is 5.29. The van der Waals surface area contributed by atoms with Crippen molar-refractivity contribution in [3.63, 3.8) is 0 Å². The Morgan fingerprint density at radius 3 is 2.13 bits per heavy atom. The number of hydrogen-bond donors (Lipinski definition) is 0. The Bertz CT molecular complexity index is 834. The molecular formula is C18H16N2O3. The van der Waals surface area contributed by atoms with Gasteiger partial charge >= 0.3 is 5.69 Å². The van der Waals surface area contributed by atoms with E-state index in [4.69, 9.17) is 4.52 Å². The molecule has 3 rings (SSSR count). The van der Waals surface area contributed by atoms with Crippen molar-refractivity contribution >= 4 is 5.69 Å². The lowest BCUT2D eigenvalue weighted by Gasteiger charge is -1.99. The van der Waals surface area contributed by atoms with E-state index < -0.39 is 4.92 Å². The van der Waals surface area contributed by atoms with Gasteiger partial charge in [-0.3, -0.25) is 10.1 Å². The molecule has 0 bridgehead atoms. The topological polar surface area (TPSA) is 69.2 Å². The summed E-state index contributed by atoms with van der Waals surface area (Å²) in [4.78, 5) is 11.1. The third kappa shape index (κ3) is 3.13. The molecule has 0 saturated heterocycles. The van der Waals surface area contributed by atoms with Crippen molar-refractivity contribution in [3.8, 4) is 11.3 Å². The second kappa shape index (κ2) is 6.04. The van der Waals surface area contributed by atoms with Gasteiger partial charge in [0, 0.05) is 12.0 Å². The molecule has 0 aliphatic heterocycles. The van der Waals surface area contributed by atoms with E-state index in [0.29, 0.717) is 17.7 Å². The summed E-state index contributed by atoms with van der Waals surface area (Å²) in [6, 6.07) is 15.2. The Kier molecular flexibility index (Phi) is 3.93. The number of benzene rings is 2. The maximum atomic E-state index is 11.5. The van der Waals surface area contributed by atoms with Crippen LogP contribution in [0.2, 0.25) is 0 Å². The Morgan fingerprint density at radius 1 is 1.00 bits per heavy atom. The first kappa shape index (κ1) is 15.0. The molecule has 0 saturated carbocycles. The molecule has 1 heterocycles. The molecule has 2 aromatic carbocycles. The molecule has 0 spiro atoms. The number of aryl methyl sites for hydroxylation is 2. The predicted octanol–water partition coefficient (Wildman–Crippen LogP) is 4.46. The van der Waals surface area contributed by atoms with Crippen LogP contribution in [0.5, 0.6) is 0 Å². The standard InChI is InChI=1S/C18H16N2O3/c1-12-3-7-14(8-4-12)11-16-17(20(21)22)18(23-19-16)15-9-5-13(2)6-10-15/h3-10H,11H2,1-2H3. The Balaban J connectivity index is 2.00. The first-order valence-corrected chi connectivity index (χ1v) is 7.30. The van der Waals surface area contributed by atoms with Crippen LogP contribution >= 0.6 is 0 Å². The lowest BCUT2D eigenvalue weighted by Crippen LogP contribution is -1.96. The van der Waals surface area contributed by atoms with Crippen LogP contribution in [0.15, 0.2) is 53.1 Å². The van der Waals surface area contributed by atoms with Crippen LogP contribution < -0.4 is 0 Å². The van der Waals surface area contributed by atoms with E-state index in [1.54, 1.807) is 12.1 Å². The van der Waals surface area contributed by atoms with E-state index in [2.05, 4.69) is 5.16 Å². The van der Waals surface area contributed by atoms with E-state index >= 15 is 0 Å². The van der Waals surface area contributed by atoms with Crippen molar-refractivity contribution < 1.29 is 9.45 Å². The van der Waals surface area contributed by atoms with Gasteiger partial charge in [0.1, 0.15) is 0 Å². The second-order valence-corrected chi connectivity index (χ2v) is 5.59. The van der Waals surface area contributed by atoms with Gasteiger partial charge in [0.05, 0.1) is 4.92 Å². The van der Waals surface area contributed by atoms with E-state index in [1.165, 1.54) is 0 Å². The van der Waals surface area contributed by atoms with E-state index in [0.717, 1.165) is 16.7 Å². The van der Waals surface area contributed by atoms with E-state index in [-0.39, 0.29) is 11.4 Å². The molecule has 0 unspecified atom stereocenters. The number of rotatable bonds is 4. The van der Waals surface area contributed by atoms with Crippen molar-refractivity contribution in [1.82, 2.24) is 5.16 Å². The largest absolute Gasteiger partial charge is 0.348 e. The van der Waals surface area contributed by atoms with Gasteiger partial charge in [-0.2, -0.15) is 0 Å². The SMILES string of the molecule is Cc1ccc(Cc2noc(-c3ccc(C)cc3)c2[N+](=O)[O-])cc1. The van der Waals surface area contributed by atoms with Gasteiger partial charge in [0.15, 0.2) is 5.69 Å². The molecule has 3 aromatic rings. The van der Waals surface area contributed by atoms with Gasteiger partial charge in [-0.05, 0) is 19.4 Å². The molecule has 5 nitrogen and oxygen atoms in total. The molecule has 0 amide bonds. The van der Waals surface area contributed by atoms with Crippen molar-refractivity contribution in [2.45, 2.75) is 20.3 Å². The highest BCUT2D eigenvalue weighted by molar-refractivity contribution is 5.69. The molecule has 5 heteroatoms.